The van der Waals surface area contributed by atoms with E-state index >= 15 is 0 Å². The van der Waals surface area contributed by atoms with Crippen molar-refractivity contribution in [1.82, 2.24) is 9.97 Å². The standard InChI is InChI=1S/C25H30F6N4/c1-4-6-18(7-5-2)35-13-16-10-11-34(22-21(16)23(35)33-15(3)32-22)20-9-8-17(24(27,28)14-26)12-19(20)25(29,30)31/h8-9,12,16,18H,4-7,10-11,13-14H2,1-3H3. The summed E-state index contributed by atoms with van der Waals surface area (Å²) in [6, 6.07) is 2.53. The number of anilines is 3. The molecule has 1 atom stereocenters. The van der Waals surface area contributed by atoms with Crippen molar-refractivity contribution >= 4 is 17.3 Å². The lowest BCUT2D eigenvalue weighted by Gasteiger charge is -2.34. The van der Waals surface area contributed by atoms with Crippen LogP contribution in [0.15, 0.2) is 18.2 Å². The number of aromatic nitrogens is 2. The van der Waals surface area contributed by atoms with Crippen molar-refractivity contribution in [2.75, 3.05) is 29.6 Å². The second-order valence-electron chi connectivity index (χ2n) is 9.42. The molecule has 0 bridgehead atoms. The van der Waals surface area contributed by atoms with Gasteiger partial charge in [-0.05, 0) is 38.3 Å². The van der Waals surface area contributed by atoms with Crippen LogP contribution in [0.3, 0.4) is 0 Å². The summed E-state index contributed by atoms with van der Waals surface area (Å²) in [6.07, 6.45) is -0.314. The van der Waals surface area contributed by atoms with E-state index in [9.17, 15) is 26.3 Å². The number of nitrogens with zero attached hydrogens (tertiary/aromatic N) is 4. The Morgan fingerprint density at radius 1 is 1.03 bits per heavy atom. The van der Waals surface area contributed by atoms with Crippen LogP contribution in [0.4, 0.5) is 43.7 Å². The van der Waals surface area contributed by atoms with Crippen molar-refractivity contribution < 1.29 is 26.3 Å². The molecule has 2 aromatic rings. The Bertz CT molecular complexity index is 1060. The molecule has 0 N–H and O–H groups in total. The van der Waals surface area contributed by atoms with E-state index in [0.29, 0.717) is 24.1 Å². The van der Waals surface area contributed by atoms with Gasteiger partial charge in [0, 0.05) is 36.2 Å². The van der Waals surface area contributed by atoms with Gasteiger partial charge in [-0.2, -0.15) is 22.0 Å². The molecule has 0 spiro atoms. The third-order valence-electron chi connectivity index (χ3n) is 6.94. The summed E-state index contributed by atoms with van der Waals surface area (Å²) in [6.45, 7) is 4.90. The molecule has 4 rings (SSSR count). The zero-order valence-corrected chi connectivity index (χ0v) is 20.1. The number of hydrogen-bond donors (Lipinski definition) is 0. The van der Waals surface area contributed by atoms with Gasteiger partial charge in [-0.1, -0.05) is 32.8 Å². The van der Waals surface area contributed by atoms with Crippen LogP contribution < -0.4 is 9.80 Å². The van der Waals surface area contributed by atoms with Crippen LogP contribution in [0.5, 0.6) is 0 Å². The first-order chi connectivity index (χ1) is 16.5. The first-order valence-electron chi connectivity index (χ1n) is 12.1. The Morgan fingerprint density at radius 3 is 2.29 bits per heavy atom. The van der Waals surface area contributed by atoms with Gasteiger partial charge in [0.05, 0.1) is 11.3 Å². The third-order valence-corrected chi connectivity index (χ3v) is 6.94. The van der Waals surface area contributed by atoms with Crippen molar-refractivity contribution in [2.45, 2.75) is 76.9 Å². The molecule has 2 aliphatic heterocycles. The summed E-state index contributed by atoms with van der Waals surface area (Å²) in [7, 11) is 0. The SMILES string of the molecule is CCCC(CCC)N1CC2CCN(c3ccc(C(F)(F)CF)cc3C(F)(F)F)c3nc(C)nc1c32. The molecule has 0 aliphatic carbocycles. The molecule has 35 heavy (non-hydrogen) atoms. The summed E-state index contributed by atoms with van der Waals surface area (Å²) in [5.74, 6) is -2.29. The molecule has 0 saturated heterocycles. The molecule has 3 heterocycles. The molecule has 10 heteroatoms. The average Bonchev–Trinajstić information content (AvgIpc) is 3.17. The summed E-state index contributed by atoms with van der Waals surface area (Å²) in [5, 5.41) is 0. The molecular weight excluding hydrogens is 470 g/mol. The molecule has 1 unspecified atom stereocenters. The first kappa shape index (κ1) is 25.6. The van der Waals surface area contributed by atoms with Gasteiger partial charge in [0.15, 0.2) is 6.67 Å². The number of halogens is 6. The first-order valence-corrected chi connectivity index (χ1v) is 12.1. The van der Waals surface area contributed by atoms with Crippen molar-refractivity contribution in [3.05, 3.63) is 40.7 Å². The van der Waals surface area contributed by atoms with E-state index < -0.39 is 29.9 Å². The Kier molecular flexibility index (Phi) is 6.94. The van der Waals surface area contributed by atoms with Crippen LogP contribution >= 0.6 is 0 Å². The summed E-state index contributed by atoms with van der Waals surface area (Å²) in [4.78, 5) is 13.0. The normalized spacial score (nSPS) is 17.9. The number of alkyl halides is 6. The number of aryl methyl sites for hydroxylation is 1. The maximum atomic E-state index is 14.0. The second-order valence-corrected chi connectivity index (χ2v) is 9.42. The summed E-state index contributed by atoms with van der Waals surface area (Å²) in [5.41, 5.74) is -1.66. The fourth-order valence-corrected chi connectivity index (χ4v) is 5.37. The lowest BCUT2D eigenvalue weighted by Crippen LogP contribution is -2.35. The van der Waals surface area contributed by atoms with Gasteiger partial charge >= 0.3 is 12.1 Å². The lowest BCUT2D eigenvalue weighted by atomic mass is 9.93. The molecule has 2 aliphatic rings. The van der Waals surface area contributed by atoms with Crippen LogP contribution in [0.25, 0.3) is 0 Å². The highest BCUT2D eigenvalue weighted by Gasteiger charge is 2.44. The van der Waals surface area contributed by atoms with E-state index in [1.807, 2.05) is 0 Å². The van der Waals surface area contributed by atoms with Gasteiger partial charge < -0.3 is 9.80 Å². The molecule has 0 radical (unpaired) electrons. The van der Waals surface area contributed by atoms with Gasteiger partial charge in [-0.25, -0.2) is 14.4 Å². The predicted octanol–water partition coefficient (Wildman–Crippen LogP) is 7.28. The van der Waals surface area contributed by atoms with Gasteiger partial charge in [-0.15, -0.1) is 0 Å². The smallest absolute Gasteiger partial charge is 0.353 e. The molecular formula is C25H30F6N4. The Labute approximate surface area is 201 Å². The van der Waals surface area contributed by atoms with E-state index in [-0.39, 0.29) is 24.2 Å². The van der Waals surface area contributed by atoms with E-state index in [4.69, 9.17) is 4.98 Å². The van der Waals surface area contributed by atoms with Gasteiger partial charge in [0.2, 0.25) is 0 Å². The number of hydrogen-bond acceptors (Lipinski definition) is 4. The van der Waals surface area contributed by atoms with Crippen LogP contribution in [0.1, 0.15) is 74.4 Å². The molecule has 0 amide bonds. The highest BCUT2D eigenvalue weighted by molar-refractivity contribution is 5.75. The van der Waals surface area contributed by atoms with Gasteiger partial charge in [0.1, 0.15) is 17.5 Å². The van der Waals surface area contributed by atoms with Gasteiger partial charge in [-0.3, -0.25) is 0 Å². The molecule has 0 fully saturated rings. The molecule has 4 nitrogen and oxygen atoms in total. The summed E-state index contributed by atoms with van der Waals surface area (Å²) < 4.78 is 82.7. The average molecular weight is 501 g/mol. The van der Waals surface area contributed by atoms with Gasteiger partial charge in [0.25, 0.3) is 0 Å². The fourth-order valence-electron chi connectivity index (χ4n) is 5.37. The van der Waals surface area contributed by atoms with E-state index in [1.165, 1.54) is 4.90 Å². The predicted molar refractivity (Wildman–Crippen MR) is 123 cm³/mol. The van der Waals surface area contributed by atoms with Crippen LogP contribution in [-0.2, 0) is 12.1 Å². The molecule has 0 saturated carbocycles. The Hall–Kier alpha value is -2.52. The van der Waals surface area contributed by atoms with Crippen LogP contribution in [0.2, 0.25) is 0 Å². The highest BCUT2D eigenvalue weighted by atomic mass is 19.4. The molecule has 1 aromatic heterocycles. The maximum Gasteiger partial charge on any atom is 0.418 e. The monoisotopic (exact) mass is 500 g/mol. The molecule has 192 valence electrons. The topological polar surface area (TPSA) is 32.3 Å². The van der Waals surface area contributed by atoms with Crippen LogP contribution in [0, 0.1) is 6.92 Å². The van der Waals surface area contributed by atoms with Crippen LogP contribution in [-0.4, -0.2) is 35.8 Å². The fraction of sp³-hybridized carbons (Fsp3) is 0.600. The summed E-state index contributed by atoms with van der Waals surface area (Å²) >= 11 is 0. The number of rotatable bonds is 8. The number of benzene rings is 1. The quantitative estimate of drug-likeness (QED) is 0.357. The largest absolute Gasteiger partial charge is 0.418 e. The molecule has 1 aromatic carbocycles. The Morgan fingerprint density at radius 2 is 1.69 bits per heavy atom. The Balaban J connectivity index is 1.83. The van der Waals surface area contributed by atoms with Crippen molar-refractivity contribution in [1.29, 1.82) is 0 Å². The van der Waals surface area contributed by atoms with Crippen molar-refractivity contribution in [2.24, 2.45) is 0 Å². The van der Waals surface area contributed by atoms with Crippen molar-refractivity contribution in [3.8, 4) is 0 Å². The zero-order valence-electron chi connectivity index (χ0n) is 20.1. The second kappa shape index (κ2) is 9.50. The maximum absolute atomic E-state index is 14.0. The van der Waals surface area contributed by atoms with E-state index in [2.05, 4.69) is 23.7 Å². The minimum absolute atomic E-state index is 0.0949. The minimum Gasteiger partial charge on any atom is -0.353 e. The highest BCUT2D eigenvalue weighted by Crippen LogP contribution is 2.50. The van der Waals surface area contributed by atoms with Crippen molar-refractivity contribution in [3.63, 3.8) is 0 Å². The van der Waals surface area contributed by atoms with E-state index in [1.54, 1.807) is 6.92 Å². The third kappa shape index (κ3) is 4.68. The lowest BCUT2D eigenvalue weighted by molar-refractivity contribution is -0.137. The zero-order chi connectivity index (χ0) is 25.5. The minimum atomic E-state index is -4.90. The van der Waals surface area contributed by atoms with E-state index in [0.717, 1.165) is 55.7 Å².